The number of fused-ring (bicyclic) bond motifs is 2. The van der Waals surface area contributed by atoms with Crippen LogP contribution >= 0.6 is 23.2 Å². The zero-order chi connectivity index (χ0) is 21.8. The standard InChI is InChI=1S/C25H30Cl2N2O2/c1-18(31-23-8-7-20(26)17-22(23)27)24(30)28-13-4-14-29-15-11-25(12-16-29)10-9-19-5-2-3-6-21(19)25/h2-3,5-8,17-18H,4,9-16H2,1H3,(H,28,30). The third-order valence-electron chi connectivity index (χ3n) is 6.79. The van der Waals surface area contributed by atoms with Crippen LogP contribution in [-0.4, -0.2) is 43.1 Å². The minimum absolute atomic E-state index is 0.133. The summed E-state index contributed by atoms with van der Waals surface area (Å²) >= 11 is 12.0. The molecule has 1 N–H and O–H groups in total. The molecule has 0 bridgehead atoms. The molecule has 1 unspecified atom stereocenters. The lowest BCUT2D eigenvalue weighted by Crippen LogP contribution is -2.43. The quantitative estimate of drug-likeness (QED) is 0.573. The molecule has 31 heavy (non-hydrogen) atoms. The molecule has 2 aromatic carbocycles. The van der Waals surface area contributed by atoms with Gasteiger partial charge in [-0.3, -0.25) is 4.79 Å². The Morgan fingerprint density at radius 3 is 2.71 bits per heavy atom. The van der Waals surface area contributed by atoms with Gasteiger partial charge in [-0.05, 0) is 93.4 Å². The third-order valence-corrected chi connectivity index (χ3v) is 7.32. The largest absolute Gasteiger partial charge is 0.479 e. The number of benzene rings is 2. The van der Waals surface area contributed by atoms with Crippen LogP contribution in [0.3, 0.4) is 0 Å². The van der Waals surface area contributed by atoms with Crippen molar-refractivity contribution in [2.75, 3.05) is 26.2 Å². The summed E-state index contributed by atoms with van der Waals surface area (Å²) in [6, 6.07) is 14.0. The molecule has 1 fully saturated rings. The van der Waals surface area contributed by atoms with E-state index in [0.29, 0.717) is 27.8 Å². The van der Waals surface area contributed by atoms with Gasteiger partial charge in [-0.15, -0.1) is 0 Å². The maximum atomic E-state index is 12.3. The highest BCUT2D eigenvalue weighted by Gasteiger charge is 2.40. The van der Waals surface area contributed by atoms with Crippen LogP contribution in [0.4, 0.5) is 0 Å². The fraction of sp³-hybridized carbons (Fsp3) is 0.480. The highest BCUT2D eigenvalue weighted by molar-refractivity contribution is 6.35. The predicted octanol–water partition coefficient (Wildman–Crippen LogP) is 5.25. The second-order valence-electron chi connectivity index (χ2n) is 8.76. The number of aryl methyl sites for hydroxylation is 1. The smallest absolute Gasteiger partial charge is 0.260 e. The highest BCUT2D eigenvalue weighted by Crippen LogP contribution is 2.46. The van der Waals surface area contributed by atoms with Crippen LogP contribution in [0.2, 0.25) is 10.0 Å². The van der Waals surface area contributed by atoms with E-state index in [1.165, 1.54) is 25.7 Å². The number of carbonyl (C=O) groups is 1. The van der Waals surface area contributed by atoms with Gasteiger partial charge in [-0.2, -0.15) is 0 Å². The van der Waals surface area contributed by atoms with Crippen LogP contribution in [0, 0.1) is 0 Å². The summed E-state index contributed by atoms with van der Waals surface area (Å²) in [5.41, 5.74) is 3.54. The van der Waals surface area contributed by atoms with E-state index in [4.69, 9.17) is 27.9 Å². The molecule has 166 valence electrons. The number of piperidine rings is 1. The van der Waals surface area contributed by atoms with Gasteiger partial charge in [0.1, 0.15) is 5.75 Å². The Morgan fingerprint density at radius 2 is 1.94 bits per heavy atom. The summed E-state index contributed by atoms with van der Waals surface area (Å²) in [7, 11) is 0. The van der Waals surface area contributed by atoms with E-state index in [1.807, 2.05) is 0 Å². The van der Waals surface area contributed by atoms with Crippen molar-refractivity contribution in [1.82, 2.24) is 10.2 Å². The van der Waals surface area contributed by atoms with Gasteiger partial charge >= 0.3 is 0 Å². The Labute approximate surface area is 194 Å². The molecule has 1 spiro atoms. The van der Waals surface area contributed by atoms with E-state index < -0.39 is 6.10 Å². The Balaban J connectivity index is 1.17. The van der Waals surface area contributed by atoms with E-state index in [0.717, 1.165) is 26.1 Å². The normalized spacial score (nSPS) is 18.5. The maximum absolute atomic E-state index is 12.3. The third kappa shape index (κ3) is 5.19. The van der Waals surface area contributed by atoms with Gasteiger partial charge in [0.25, 0.3) is 5.91 Å². The molecule has 1 amide bonds. The monoisotopic (exact) mass is 460 g/mol. The van der Waals surface area contributed by atoms with Crippen molar-refractivity contribution in [2.45, 2.75) is 50.5 Å². The highest BCUT2D eigenvalue weighted by atomic mass is 35.5. The summed E-state index contributed by atoms with van der Waals surface area (Å²) in [5, 5.41) is 3.91. The summed E-state index contributed by atoms with van der Waals surface area (Å²) < 4.78 is 5.68. The lowest BCUT2D eigenvalue weighted by molar-refractivity contribution is -0.127. The fourth-order valence-electron chi connectivity index (χ4n) is 4.96. The first-order valence-corrected chi connectivity index (χ1v) is 11.9. The minimum atomic E-state index is -0.615. The lowest BCUT2D eigenvalue weighted by Gasteiger charge is -2.40. The van der Waals surface area contributed by atoms with Crippen LogP contribution in [0.1, 0.15) is 43.7 Å². The van der Waals surface area contributed by atoms with E-state index in [9.17, 15) is 4.79 Å². The second-order valence-corrected chi connectivity index (χ2v) is 9.60. The predicted molar refractivity (Wildman–Crippen MR) is 126 cm³/mol. The molecule has 2 aliphatic rings. The first-order valence-electron chi connectivity index (χ1n) is 11.2. The summed E-state index contributed by atoms with van der Waals surface area (Å²) in [5.74, 6) is 0.329. The van der Waals surface area contributed by atoms with E-state index in [2.05, 4.69) is 34.5 Å². The maximum Gasteiger partial charge on any atom is 0.260 e. The van der Waals surface area contributed by atoms with Gasteiger partial charge < -0.3 is 15.0 Å². The number of carbonyl (C=O) groups excluding carboxylic acids is 1. The average molecular weight is 461 g/mol. The molecule has 1 aliphatic carbocycles. The van der Waals surface area contributed by atoms with Crippen molar-refractivity contribution in [3.63, 3.8) is 0 Å². The Hall–Kier alpha value is -1.75. The zero-order valence-electron chi connectivity index (χ0n) is 18.0. The summed E-state index contributed by atoms with van der Waals surface area (Å²) in [6.45, 7) is 5.65. The number of hydrogen-bond acceptors (Lipinski definition) is 3. The van der Waals surface area contributed by atoms with Crippen LogP contribution in [0.25, 0.3) is 0 Å². The molecular formula is C25H30Cl2N2O2. The van der Waals surface area contributed by atoms with E-state index in [1.54, 1.807) is 36.2 Å². The molecule has 0 radical (unpaired) electrons. The number of rotatable bonds is 7. The molecule has 2 aromatic rings. The van der Waals surface area contributed by atoms with Gasteiger partial charge in [0.05, 0.1) is 5.02 Å². The lowest BCUT2D eigenvalue weighted by atomic mass is 9.74. The van der Waals surface area contributed by atoms with Crippen molar-refractivity contribution in [1.29, 1.82) is 0 Å². The molecule has 0 saturated carbocycles. The summed E-state index contributed by atoms with van der Waals surface area (Å²) in [4.78, 5) is 14.9. The van der Waals surface area contributed by atoms with Crippen LogP contribution in [0.15, 0.2) is 42.5 Å². The molecule has 1 aliphatic heterocycles. The van der Waals surface area contributed by atoms with E-state index >= 15 is 0 Å². The average Bonchev–Trinajstić information content (AvgIpc) is 3.12. The van der Waals surface area contributed by atoms with Crippen molar-refractivity contribution < 1.29 is 9.53 Å². The van der Waals surface area contributed by atoms with Crippen LogP contribution in [0.5, 0.6) is 5.75 Å². The molecule has 1 heterocycles. The van der Waals surface area contributed by atoms with Crippen molar-refractivity contribution in [3.05, 3.63) is 63.6 Å². The number of likely N-dealkylation sites (tertiary alicyclic amines) is 1. The molecule has 0 aromatic heterocycles. The number of nitrogens with one attached hydrogen (secondary N) is 1. The fourth-order valence-corrected chi connectivity index (χ4v) is 5.41. The Kier molecular flexibility index (Phi) is 7.10. The van der Waals surface area contributed by atoms with Gasteiger partial charge in [-0.25, -0.2) is 0 Å². The number of ether oxygens (including phenoxy) is 1. The molecule has 1 saturated heterocycles. The van der Waals surface area contributed by atoms with Crippen LogP contribution < -0.4 is 10.1 Å². The number of amides is 1. The zero-order valence-corrected chi connectivity index (χ0v) is 19.5. The first-order chi connectivity index (χ1) is 15.0. The van der Waals surface area contributed by atoms with Crippen molar-refractivity contribution in [3.8, 4) is 5.75 Å². The topological polar surface area (TPSA) is 41.6 Å². The molecule has 4 rings (SSSR count). The van der Waals surface area contributed by atoms with Crippen LogP contribution in [-0.2, 0) is 16.6 Å². The van der Waals surface area contributed by atoms with Gasteiger partial charge in [0, 0.05) is 11.6 Å². The SMILES string of the molecule is CC(Oc1ccc(Cl)cc1Cl)C(=O)NCCCN1CCC2(CCc3ccccc32)CC1. The summed E-state index contributed by atoms with van der Waals surface area (Å²) in [6.07, 6.45) is 5.32. The minimum Gasteiger partial charge on any atom is -0.479 e. The number of hydrogen-bond donors (Lipinski definition) is 1. The molecule has 6 heteroatoms. The molecule has 4 nitrogen and oxygen atoms in total. The van der Waals surface area contributed by atoms with Crippen molar-refractivity contribution in [2.24, 2.45) is 0 Å². The van der Waals surface area contributed by atoms with Crippen molar-refractivity contribution >= 4 is 29.1 Å². The number of nitrogens with zero attached hydrogens (tertiary/aromatic N) is 1. The Morgan fingerprint density at radius 1 is 1.16 bits per heavy atom. The van der Waals surface area contributed by atoms with E-state index in [-0.39, 0.29) is 5.91 Å². The van der Waals surface area contributed by atoms with Gasteiger partial charge in [0.2, 0.25) is 0 Å². The first kappa shape index (κ1) is 22.4. The molecule has 1 atom stereocenters. The van der Waals surface area contributed by atoms with Gasteiger partial charge in [0.15, 0.2) is 6.10 Å². The number of halogens is 2. The molecular weight excluding hydrogens is 431 g/mol. The van der Waals surface area contributed by atoms with Gasteiger partial charge in [-0.1, -0.05) is 47.5 Å². The second kappa shape index (κ2) is 9.81. The Bertz CT molecular complexity index is 925.